The molecule has 104 valence electrons. The van der Waals surface area contributed by atoms with Crippen molar-refractivity contribution in [2.24, 2.45) is 10.9 Å². The van der Waals surface area contributed by atoms with Crippen LogP contribution in [0.2, 0.25) is 0 Å². The number of fused-ring (bicyclic) bond motifs is 1. The summed E-state index contributed by atoms with van der Waals surface area (Å²) in [5.74, 6) is -1.51. The number of rotatable bonds is 3. The highest BCUT2D eigenvalue weighted by atomic mass is 16.5. The maximum Gasteiger partial charge on any atom is 0.312 e. The zero-order valence-corrected chi connectivity index (χ0v) is 10.7. The van der Waals surface area contributed by atoms with Gasteiger partial charge in [0.25, 0.3) is 6.47 Å². The Kier molecular flexibility index (Phi) is 3.14. The Balaban J connectivity index is 1.96. The van der Waals surface area contributed by atoms with Crippen LogP contribution < -0.4 is 5.32 Å². The van der Waals surface area contributed by atoms with Crippen molar-refractivity contribution >= 4 is 18.2 Å². The van der Waals surface area contributed by atoms with Crippen LogP contribution in [-0.4, -0.2) is 35.4 Å². The molecule has 0 aromatic carbocycles. The number of carbonyl (C=O) groups excluding carboxylic acids is 1. The van der Waals surface area contributed by atoms with Crippen LogP contribution in [0.1, 0.15) is 12.8 Å². The molecule has 0 amide bonds. The number of aliphatic imine (C=N–C) groups is 1. The van der Waals surface area contributed by atoms with Crippen molar-refractivity contribution < 1.29 is 19.4 Å². The molecule has 0 unspecified atom stereocenters. The molecule has 20 heavy (non-hydrogen) atoms. The fourth-order valence-electron chi connectivity index (χ4n) is 2.72. The molecule has 0 radical (unpaired) electrons. The van der Waals surface area contributed by atoms with Crippen LogP contribution >= 0.6 is 0 Å². The summed E-state index contributed by atoms with van der Waals surface area (Å²) in [5.41, 5.74) is 1.96. The quantitative estimate of drug-likeness (QED) is 0.742. The molecule has 0 saturated carbocycles. The summed E-state index contributed by atoms with van der Waals surface area (Å²) in [6.07, 6.45) is 8.13. The van der Waals surface area contributed by atoms with Crippen molar-refractivity contribution in [1.29, 1.82) is 0 Å². The fraction of sp³-hybridized carbons (Fsp3) is 0.357. The number of aliphatic carboxylic acids is 1. The lowest BCUT2D eigenvalue weighted by atomic mass is 9.89. The summed E-state index contributed by atoms with van der Waals surface area (Å²) in [7, 11) is 0. The molecule has 2 aliphatic carbocycles. The monoisotopic (exact) mass is 274 g/mol. The van der Waals surface area contributed by atoms with E-state index in [1.165, 1.54) is 0 Å². The van der Waals surface area contributed by atoms with Gasteiger partial charge in [-0.1, -0.05) is 12.2 Å². The van der Waals surface area contributed by atoms with Gasteiger partial charge in [0, 0.05) is 6.42 Å². The Morgan fingerprint density at radius 1 is 1.40 bits per heavy atom. The molecule has 0 saturated heterocycles. The van der Waals surface area contributed by atoms with Crippen molar-refractivity contribution in [3.63, 3.8) is 0 Å². The molecule has 2 N–H and O–H groups in total. The maximum atomic E-state index is 11.3. The van der Waals surface area contributed by atoms with Crippen LogP contribution in [0.5, 0.6) is 0 Å². The molecular formula is C14H14N2O4. The van der Waals surface area contributed by atoms with Gasteiger partial charge in [-0.05, 0) is 18.6 Å². The predicted molar refractivity (Wildman–Crippen MR) is 71.0 cm³/mol. The number of carboxylic acid groups (broad SMARTS) is 1. The van der Waals surface area contributed by atoms with Gasteiger partial charge >= 0.3 is 5.97 Å². The minimum atomic E-state index is -0.882. The van der Waals surface area contributed by atoms with E-state index in [0.29, 0.717) is 36.4 Å². The Morgan fingerprint density at radius 2 is 2.20 bits per heavy atom. The summed E-state index contributed by atoms with van der Waals surface area (Å²) in [4.78, 5) is 26.3. The van der Waals surface area contributed by atoms with E-state index in [0.717, 1.165) is 0 Å². The van der Waals surface area contributed by atoms with Gasteiger partial charge in [-0.25, -0.2) is 0 Å². The molecule has 0 aromatic heterocycles. The average Bonchev–Trinajstić information content (AvgIpc) is 2.45. The minimum Gasteiger partial charge on any atom is -0.481 e. The van der Waals surface area contributed by atoms with Crippen molar-refractivity contribution in [2.45, 2.75) is 25.0 Å². The smallest absolute Gasteiger partial charge is 0.312 e. The Bertz CT molecular complexity index is 574. The van der Waals surface area contributed by atoms with Gasteiger partial charge in [-0.15, -0.1) is 0 Å². The molecule has 3 aliphatic rings. The molecule has 0 spiro atoms. The molecule has 1 aliphatic heterocycles. The largest absolute Gasteiger partial charge is 0.481 e. The van der Waals surface area contributed by atoms with Gasteiger partial charge in [0.2, 0.25) is 0 Å². The first kappa shape index (κ1) is 12.7. The first-order valence-corrected chi connectivity index (χ1v) is 6.45. The SMILES string of the molecule is O=CO[C@@H]1CC=CC2=NC3=C(C=CC[C@H]3C(=O)O)N[C@H]21. The summed E-state index contributed by atoms with van der Waals surface area (Å²) in [6, 6.07) is -0.221. The van der Waals surface area contributed by atoms with Crippen LogP contribution in [-0.2, 0) is 14.3 Å². The number of ether oxygens (including phenoxy) is 1. The lowest BCUT2D eigenvalue weighted by Crippen LogP contribution is -2.50. The topological polar surface area (TPSA) is 88.0 Å². The van der Waals surface area contributed by atoms with E-state index in [1.807, 2.05) is 24.3 Å². The van der Waals surface area contributed by atoms with Gasteiger partial charge < -0.3 is 15.2 Å². The number of carbonyl (C=O) groups is 2. The third kappa shape index (κ3) is 2.03. The molecule has 1 heterocycles. The van der Waals surface area contributed by atoms with E-state index in [4.69, 9.17) is 4.74 Å². The van der Waals surface area contributed by atoms with Gasteiger partial charge in [-0.3, -0.25) is 14.6 Å². The predicted octanol–water partition coefficient (Wildman–Crippen LogP) is 0.773. The zero-order chi connectivity index (χ0) is 14.1. The highest BCUT2D eigenvalue weighted by molar-refractivity contribution is 6.02. The highest BCUT2D eigenvalue weighted by Crippen LogP contribution is 2.31. The summed E-state index contributed by atoms with van der Waals surface area (Å²) in [6.45, 7) is 0.434. The fourth-order valence-corrected chi connectivity index (χ4v) is 2.72. The van der Waals surface area contributed by atoms with Crippen molar-refractivity contribution in [1.82, 2.24) is 5.32 Å². The summed E-state index contributed by atoms with van der Waals surface area (Å²) >= 11 is 0. The Labute approximate surface area is 115 Å². The molecule has 0 aromatic rings. The molecule has 3 rings (SSSR count). The van der Waals surface area contributed by atoms with Gasteiger partial charge in [0.15, 0.2) is 0 Å². The summed E-state index contributed by atoms with van der Waals surface area (Å²) < 4.78 is 5.07. The molecular weight excluding hydrogens is 260 g/mol. The highest BCUT2D eigenvalue weighted by Gasteiger charge is 2.36. The number of allylic oxidation sites excluding steroid dienone is 2. The number of carboxylic acids is 1. The van der Waals surface area contributed by atoms with Crippen molar-refractivity contribution in [3.8, 4) is 0 Å². The first-order valence-electron chi connectivity index (χ1n) is 6.45. The lowest BCUT2D eigenvalue weighted by molar-refractivity contribution is -0.140. The number of hydrogen-bond donors (Lipinski definition) is 2. The Hall–Kier alpha value is -2.37. The van der Waals surface area contributed by atoms with E-state index in [2.05, 4.69) is 10.3 Å². The van der Waals surface area contributed by atoms with E-state index < -0.39 is 11.9 Å². The van der Waals surface area contributed by atoms with Crippen LogP contribution in [0.15, 0.2) is 40.7 Å². The third-order valence-electron chi connectivity index (χ3n) is 3.70. The van der Waals surface area contributed by atoms with Crippen molar-refractivity contribution in [2.75, 3.05) is 0 Å². The number of hydrogen-bond acceptors (Lipinski definition) is 5. The second-order valence-electron chi connectivity index (χ2n) is 4.90. The molecule has 6 heteroatoms. The molecule has 0 bridgehead atoms. The van der Waals surface area contributed by atoms with Gasteiger partial charge in [0.1, 0.15) is 18.1 Å². The first-order chi connectivity index (χ1) is 9.70. The molecule has 0 fully saturated rings. The maximum absolute atomic E-state index is 11.3. The number of nitrogens with one attached hydrogen (secondary N) is 1. The number of nitrogens with zero attached hydrogens (tertiary/aromatic N) is 1. The van der Waals surface area contributed by atoms with E-state index in [1.54, 1.807) is 0 Å². The standard InChI is InChI=1S/C14H14N2O4/c17-7-20-11-6-2-5-10-13(11)16-9-4-1-3-8(14(18)19)12(9)15-10/h1-2,4-5,7-8,11,13,16H,3,6H2,(H,18,19)/t8-,11-,13-/m1/s1. The van der Waals surface area contributed by atoms with E-state index >= 15 is 0 Å². The summed E-state index contributed by atoms with van der Waals surface area (Å²) in [5, 5.41) is 12.5. The van der Waals surface area contributed by atoms with Gasteiger partial charge in [0.05, 0.1) is 17.1 Å². The Morgan fingerprint density at radius 3 is 2.95 bits per heavy atom. The van der Waals surface area contributed by atoms with Crippen LogP contribution in [0.3, 0.4) is 0 Å². The van der Waals surface area contributed by atoms with Crippen LogP contribution in [0.25, 0.3) is 0 Å². The lowest BCUT2D eigenvalue weighted by Gasteiger charge is -2.35. The molecule has 6 nitrogen and oxygen atoms in total. The van der Waals surface area contributed by atoms with E-state index in [9.17, 15) is 14.7 Å². The molecule has 3 atom stereocenters. The van der Waals surface area contributed by atoms with Crippen LogP contribution in [0, 0.1) is 5.92 Å². The van der Waals surface area contributed by atoms with E-state index in [-0.39, 0.29) is 12.1 Å². The third-order valence-corrected chi connectivity index (χ3v) is 3.70. The van der Waals surface area contributed by atoms with Gasteiger partial charge in [-0.2, -0.15) is 0 Å². The average molecular weight is 274 g/mol. The second kappa shape index (κ2) is 4.96. The minimum absolute atomic E-state index is 0.221. The normalized spacial score (nSPS) is 30.8. The van der Waals surface area contributed by atoms with Crippen LogP contribution in [0.4, 0.5) is 0 Å². The zero-order valence-electron chi connectivity index (χ0n) is 10.7. The van der Waals surface area contributed by atoms with Crippen molar-refractivity contribution in [3.05, 3.63) is 35.7 Å². The second-order valence-corrected chi connectivity index (χ2v) is 4.90.